The normalized spacial score (nSPS) is 14.9. The van der Waals surface area contributed by atoms with Gasteiger partial charge in [0.1, 0.15) is 23.6 Å². The molecule has 6 nitrogen and oxygen atoms in total. The number of aromatic nitrogens is 1. The smallest absolute Gasteiger partial charge is 0.298 e. The zero-order valence-corrected chi connectivity index (χ0v) is 14.3. The van der Waals surface area contributed by atoms with Gasteiger partial charge in [0.05, 0.1) is 7.11 Å². The number of ether oxygens (including phenoxy) is 1. The Bertz CT molecular complexity index is 956. The molecular formula is C19H18FN3O3. The molecule has 0 unspecified atom stereocenters. The van der Waals surface area contributed by atoms with E-state index in [0.29, 0.717) is 36.7 Å². The van der Waals surface area contributed by atoms with Crippen LogP contribution in [-0.4, -0.2) is 42.5 Å². The zero-order valence-electron chi connectivity index (χ0n) is 14.3. The highest BCUT2D eigenvalue weighted by atomic mass is 19.1. The molecule has 0 bridgehead atoms. The molecule has 1 fully saturated rings. The van der Waals surface area contributed by atoms with Crippen LogP contribution in [0.5, 0.6) is 5.75 Å². The van der Waals surface area contributed by atoms with E-state index in [4.69, 9.17) is 9.15 Å². The van der Waals surface area contributed by atoms with Crippen LogP contribution in [0.25, 0.3) is 11.1 Å². The summed E-state index contributed by atoms with van der Waals surface area (Å²) in [5.74, 6) is 0.388. The van der Waals surface area contributed by atoms with E-state index in [0.717, 1.165) is 11.3 Å². The van der Waals surface area contributed by atoms with Gasteiger partial charge in [-0.25, -0.2) is 4.39 Å². The van der Waals surface area contributed by atoms with Gasteiger partial charge in [-0.3, -0.25) is 4.79 Å². The van der Waals surface area contributed by atoms with Gasteiger partial charge in [0.25, 0.3) is 6.01 Å². The van der Waals surface area contributed by atoms with Gasteiger partial charge in [0.15, 0.2) is 5.58 Å². The van der Waals surface area contributed by atoms with Gasteiger partial charge in [-0.1, -0.05) is 12.1 Å². The molecule has 2 heterocycles. The number of carbonyl (C=O) groups excluding carboxylic acids is 1. The third-order valence-corrected chi connectivity index (χ3v) is 4.44. The average Bonchev–Trinajstić information content (AvgIpc) is 3.06. The summed E-state index contributed by atoms with van der Waals surface area (Å²) in [7, 11) is 1.62. The maximum Gasteiger partial charge on any atom is 0.298 e. The zero-order chi connectivity index (χ0) is 18.1. The maximum absolute atomic E-state index is 13.3. The molecule has 1 saturated heterocycles. The average molecular weight is 355 g/mol. The number of carbonyl (C=O) groups is 1. The van der Waals surface area contributed by atoms with Gasteiger partial charge in [-0.05, 0) is 29.8 Å². The first kappa shape index (κ1) is 16.4. The lowest BCUT2D eigenvalue weighted by atomic mass is 10.2. The standard InChI is InChI=1S/C19H18FN3O3/c1-25-15-4-2-3-13(9-15)11-22-7-8-23(12-18(22)24)19-21-16-6-5-14(20)10-17(16)26-19/h2-6,9-10H,7-8,11-12H2,1H3. The second-order valence-electron chi connectivity index (χ2n) is 6.20. The fourth-order valence-electron chi connectivity index (χ4n) is 3.05. The third kappa shape index (κ3) is 3.20. The van der Waals surface area contributed by atoms with Crippen molar-refractivity contribution in [3.05, 3.63) is 53.8 Å². The fourth-order valence-corrected chi connectivity index (χ4v) is 3.05. The number of anilines is 1. The van der Waals surface area contributed by atoms with Crippen molar-refractivity contribution in [3.63, 3.8) is 0 Å². The van der Waals surface area contributed by atoms with Crippen molar-refractivity contribution in [1.82, 2.24) is 9.88 Å². The van der Waals surface area contributed by atoms with E-state index >= 15 is 0 Å². The predicted molar refractivity (Wildman–Crippen MR) is 94.6 cm³/mol. The van der Waals surface area contributed by atoms with Crippen LogP contribution in [0.1, 0.15) is 5.56 Å². The van der Waals surface area contributed by atoms with Gasteiger partial charge >= 0.3 is 0 Å². The predicted octanol–water partition coefficient (Wildman–Crippen LogP) is 2.82. The van der Waals surface area contributed by atoms with E-state index in [1.807, 2.05) is 24.3 Å². The molecule has 0 N–H and O–H groups in total. The number of fused-ring (bicyclic) bond motifs is 1. The number of benzene rings is 2. The molecule has 7 heteroatoms. The number of amides is 1. The van der Waals surface area contributed by atoms with Crippen molar-refractivity contribution in [2.75, 3.05) is 31.6 Å². The molecule has 0 atom stereocenters. The lowest BCUT2D eigenvalue weighted by Gasteiger charge is -2.33. The number of rotatable bonds is 4. The fraction of sp³-hybridized carbons (Fsp3) is 0.263. The minimum atomic E-state index is -0.376. The van der Waals surface area contributed by atoms with E-state index in [2.05, 4.69) is 4.98 Å². The Morgan fingerprint density at radius 3 is 2.92 bits per heavy atom. The van der Waals surface area contributed by atoms with Crippen LogP contribution in [0.2, 0.25) is 0 Å². The van der Waals surface area contributed by atoms with Gasteiger partial charge in [-0.2, -0.15) is 4.98 Å². The summed E-state index contributed by atoms with van der Waals surface area (Å²) in [5, 5.41) is 0. The van der Waals surface area contributed by atoms with Gasteiger partial charge in [-0.15, -0.1) is 0 Å². The molecule has 3 aromatic rings. The van der Waals surface area contributed by atoms with Gasteiger partial charge in [0, 0.05) is 25.7 Å². The number of hydrogen-bond acceptors (Lipinski definition) is 5. The molecule has 1 aromatic heterocycles. The molecule has 0 saturated carbocycles. The number of hydrogen-bond donors (Lipinski definition) is 0. The summed E-state index contributed by atoms with van der Waals surface area (Å²) in [4.78, 5) is 20.5. The van der Waals surface area contributed by atoms with Crippen LogP contribution in [0.15, 0.2) is 46.9 Å². The SMILES string of the molecule is COc1cccc(CN2CCN(c3nc4ccc(F)cc4o3)CC2=O)c1. The number of piperazine rings is 1. The molecular weight excluding hydrogens is 337 g/mol. The van der Waals surface area contributed by atoms with Crippen molar-refractivity contribution in [1.29, 1.82) is 0 Å². The lowest BCUT2D eigenvalue weighted by Crippen LogP contribution is -2.50. The molecule has 2 aromatic carbocycles. The van der Waals surface area contributed by atoms with Crippen molar-refractivity contribution >= 4 is 23.0 Å². The summed E-state index contributed by atoms with van der Waals surface area (Å²) in [6.07, 6.45) is 0. The number of oxazole rings is 1. The summed E-state index contributed by atoms with van der Waals surface area (Å²) in [5.41, 5.74) is 1.97. The van der Waals surface area contributed by atoms with E-state index < -0.39 is 0 Å². The van der Waals surface area contributed by atoms with Crippen molar-refractivity contribution in [2.45, 2.75) is 6.54 Å². The summed E-state index contributed by atoms with van der Waals surface area (Å²) >= 11 is 0. The van der Waals surface area contributed by atoms with Crippen molar-refractivity contribution in [3.8, 4) is 5.75 Å². The molecule has 1 aliphatic heterocycles. The number of halogens is 1. The van der Waals surface area contributed by atoms with Crippen molar-refractivity contribution in [2.24, 2.45) is 0 Å². The molecule has 4 rings (SSSR count). The topological polar surface area (TPSA) is 58.8 Å². The highest BCUT2D eigenvalue weighted by molar-refractivity contribution is 5.83. The van der Waals surface area contributed by atoms with Crippen LogP contribution in [0.3, 0.4) is 0 Å². The summed E-state index contributed by atoms with van der Waals surface area (Å²) in [6, 6.07) is 12.2. The summed E-state index contributed by atoms with van der Waals surface area (Å²) < 4.78 is 24.1. The Morgan fingerprint density at radius 1 is 1.23 bits per heavy atom. The second kappa shape index (κ2) is 6.67. The largest absolute Gasteiger partial charge is 0.497 e. The van der Waals surface area contributed by atoms with Crippen LogP contribution in [0.4, 0.5) is 10.4 Å². The van der Waals surface area contributed by atoms with Crippen LogP contribution >= 0.6 is 0 Å². The molecule has 0 spiro atoms. The number of nitrogens with zero attached hydrogens (tertiary/aromatic N) is 3. The van der Waals surface area contributed by atoms with E-state index in [-0.39, 0.29) is 18.3 Å². The Kier molecular flexibility index (Phi) is 4.20. The van der Waals surface area contributed by atoms with E-state index in [1.165, 1.54) is 12.1 Å². The maximum atomic E-state index is 13.3. The Labute approximate surface area is 149 Å². The first-order valence-corrected chi connectivity index (χ1v) is 8.34. The molecule has 0 aliphatic carbocycles. The quantitative estimate of drug-likeness (QED) is 0.720. The first-order valence-electron chi connectivity index (χ1n) is 8.34. The lowest BCUT2D eigenvalue weighted by molar-refractivity contribution is -0.131. The monoisotopic (exact) mass is 355 g/mol. The van der Waals surface area contributed by atoms with Crippen LogP contribution in [-0.2, 0) is 11.3 Å². The Balaban J connectivity index is 1.46. The van der Waals surface area contributed by atoms with Gasteiger partial charge in [0.2, 0.25) is 5.91 Å². The van der Waals surface area contributed by atoms with E-state index in [1.54, 1.807) is 23.0 Å². The molecule has 1 amide bonds. The highest BCUT2D eigenvalue weighted by Crippen LogP contribution is 2.24. The minimum absolute atomic E-state index is 0.00694. The van der Waals surface area contributed by atoms with Crippen LogP contribution < -0.4 is 9.64 Å². The number of methoxy groups -OCH3 is 1. The first-order chi connectivity index (χ1) is 12.6. The van der Waals surface area contributed by atoms with Crippen LogP contribution in [0, 0.1) is 5.82 Å². The molecule has 134 valence electrons. The molecule has 0 radical (unpaired) electrons. The summed E-state index contributed by atoms with van der Waals surface area (Å²) in [6.45, 7) is 1.87. The second-order valence-corrected chi connectivity index (χ2v) is 6.20. The highest BCUT2D eigenvalue weighted by Gasteiger charge is 2.27. The van der Waals surface area contributed by atoms with E-state index in [9.17, 15) is 9.18 Å². The Hall–Kier alpha value is -3.09. The molecule has 26 heavy (non-hydrogen) atoms. The minimum Gasteiger partial charge on any atom is -0.497 e. The van der Waals surface area contributed by atoms with Crippen molar-refractivity contribution < 1.29 is 18.3 Å². The molecule has 1 aliphatic rings. The van der Waals surface area contributed by atoms with Gasteiger partial charge < -0.3 is 19.0 Å². The Morgan fingerprint density at radius 2 is 2.12 bits per heavy atom. The third-order valence-electron chi connectivity index (χ3n) is 4.44.